The minimum absolute atomic E-state index is 0.0962. The van der Waals surface area contributed by atoms with Crippen LogP contribution in [0.5, 0.6) is 0 Å². The van der Waals surface area contributed by atoms with Gasteiger partial charge in [0.15, 0.2) is 0 Å². The lowest BCUT2D eigenvalue weighted by atomic mass is 10.1. The number of benzene rings is 2. The first-order valence-corrected chi connectivity index (χ1v) is 8.25. The molecular formula is C18H20BrNO. The summed E-state index contributed by atoms with van der Waals surface area (Å²) < 4.78 is 7.28. The van der Waals surface area contributed by atoms with E-state index in [9.17, 15) is 0 Å². The monoisotopic (exact) mass is 345 g/mol. The predicted molar refractivity (Wildman–Crippen MR) is 89.1 cm³/mol. The van der Waals surface area contributed by atoms with Crippen LogP contribution in [0.25, 0.3) is 0 Å². The minimum Gasteiger partial charge on any atom is -0.367 e. The van der Waals surface area contributed by atoms with Crippen LogP contribution in [0.4, 0.5) is 0 Å². The smallest absolute Gasteiger partial charge is 0.0953 e. The highest BCUT2D eigenvalue weighted by Gasteiger charge is 2.22. The van der Waals surface area contributed by atoms with E-state index in [4.69, 9.17) is 4.74 Å². The Kier molecular flexibility index (Phi) is 5.07. The van der Waals surface area contributed by atoms with Crippen molar-refractivity contribution in [2.24, 2.45) is 0 Å². The van der Waals surface area contributed by atoms with Crippen molar-refractivity contribution in [3.05, 3.63) is 70.2 Å². The van der Waals surface area contributed by atoms with Crippen molar-refractivity contribution in [2.45, 2.75) is 31.6 Å². The van der Waals surface area contributed by atoms with Crippen LogP contribution in [-0.4, -0.2) is 12.6 Å². The molecule has 0 saturated heterocycles. The van der Waals surface area contributed by atoms with Gasteiger partial charge < -0.3 is 10.1 Å². The van der Waals surface area contributed by atoms with Gasteiger partial charge in [-0.15, -0.1) is 0 Å². The Morgan fingerprint density at radius 2 is 1.76 bits per heavy atom. The van der Waals surface area contributed by atoms with Crippen molar-refractivity contribution in [3.63, 3.8) is 0 Å². The predicted octanol–water partition coefficient (Wildman–Crippen LogP) is 4.46. The third kappa shape index (κ3) is 4.40. The van der Waals surface area contributed by atoms with Gasteiger partial charge in [0.25, 0.3) is 0 Å². The molecular weight excluding hydrogens is 326 g/mol. The first-order chi connectivity index (χ1) is 10.3. The molecule has 3 rings (SSSR count). The lowest BCUT2D eigenvalue weighted by Crippen LogP contribution is -2.25. The molecule has 3 heteroatoms. The van der Waals surface area contributed by atoms with Gasteiger partial charge in [-0.3, -0.25) is 0 Å². The molecule has 1 saturated carbocycles. The second-order valence-corrected chi connectivity index (χ2v) is 6.34. The van der Waals surface area contributed by atoms with Crippen molar-refractivity contribution in [2.75, 3.05) is 6.54 Å². The Morgan fingerprint density at radius 1 is 1.05 bits per heavy atom. The molecule has 0 bridgehead atoms. The second kappa shape index (κ2) is 7.21. The topological polar surface area (TPSA) is 21.3 Å². The molecule has 0 radical (unpaired) electrons. The van der Waals surface area contributed by atoms with Crippen LogP contribution in [0.15, 0.2) is 59.1 Å². The molecule has 0 aromatic heterocycles. The Bertz CT molecular complexity index is 568. The lowest BCUT2D eigenvalue weighted by molar-refractivity contribution is 0.0392. The summed E-state index contributed by atoms with van der Waals surface area (Å²) in [5.41, 5.74) is 2.42. The van der Waals surface area contributed by atoms with Crippen LogP contribution in [0.1, 0.15) is 30.1 Å². The van der Waals surface area contributed by atoms with E-state index in [-0.39, 0.29) is 6.10 Å². The molecule has 1 atom stereocenters. The van der Waals surface area contributed by atoms with E-state index in [1.165, 1.54) is 24.0 Å². The summed E-state index contributed by atoms with van der Waals surface area (Å²) in [5, 5.41) is 3.57. The van der Waals surface area contributed by atoms with E-state index in [1.54, 1.807) is 0 Å². The molecule has 2 aromatic carbocycles. The van der Waals surface area contributed by atoms with E-state index >= 15 is 0 Å². The Balaban J connectivity index is 1.65. The van der Waals surface area contributed by atoms with E-state index in [0.717, 1.165) is 11.0 Å². The summed E-state index contributed by atoms with van der Waals surface area (Å²) in [6.07, 6.45) is 2.69. The number of halogens is 1. The molecule has 1 aliphatic rings. The summed E-state index contributed by atoms with van der Waals surface area (Å²) in [4.78, 5) is 0. The van der Waals surface area contributed by atoms with Crippen LogP contribution in [-0.2, 0) is 11.3 Å². The Labute approximate surface area is 134 Å². The zero-order valence-corrected chi connectivity index (χ0v) is 13.6. The van der Waals surface area contributed by atoms with Gasteiger partial charge >= 0.3 is 0 Å². The number of hydrogen-bond acceptors (Lipinski definition) is 2. The average molecular weight is 346 g/mol. The van der Waals surface area contributed by atoms with Crippen molar-refractivity contribution in [3.8, 4) is 0 Å². The maximum absolute atomic E-state index is 6.18. The number of ether oxygens (including phenoxy) is 1. The zero-order chi connectivity index (χ0) is 14.5. The molecule has 0 aliphatic heterocycles. The number of hydrogen-bond donors (Lipinski definition) is 1. The highest BCUT2D eigenvalue weighted by molar-refractivity contribution is 9.10. The van der Waals surface area contributed by atoms with Crippen molar-refractivity contribution >= 4 is 15.9 Å². The fourth-order valence-corrected chi connectivity index (χ4v) is 2.71. The molecule has 2 nitrogen and oxygen atoms in total. The molecule has 1 aliphatic carbocycles. The minimum atomic E-state index is 0.0962. The van der Waals surface area contributed by atoms with Crippen molar-refractivity contribution in [1.82, 2.24) is 5.32 Å². The van der Waals surface area contributed by atoms with E-state index in [1.807, 2.05) is 18.2 Å². The van der Waals surface area contributed by atoms with E-state index < -0.39 is 0 Å². The largest absolute Gasteiger partial charge is 0.367 e. The third-order valence-electron chi connectivity index (χ3n) is 3.74. The average Bonchev–Trinajstić information content (AvgIpc) is 3.34. The summed E-state index contributed by atoms with van der Waals surface area (Å²) in [6, 6.07) is 19.4. The second-order valence-electron chi connectivity index (χ2n) is 5.48. The van der Waals surface area contributed by atoms with Gasteiger partial charge in [0, 0.05) is 17.1 Å². The third-order valence-corrected chi connectivity index (χ3v) is 4.51. The molecule has 0 amide bonds. The lowest BCUT2D eigenvalue weighted by Gasteiger charge is -2.19. The quantitative estimate of drug-likeness (QED) is 0.799. The first-order valence-electron chi connectivity index (χ1n) is 7.46. The molecule has 1 unspecified atom stereocenters. The van der Waals surface area contributed by atoms with Gasteiger partial charge in [0.2, 0.25) is 0 Å². The highest BCUT2D eigenvalue weighted by Crippen LogP contribution is 2.24. The molecule has 0 spiro atoms. The van der Waals surface area contributed by atoms with E-state index in [2.05, 4.69) is 57.6 Å². The van der Waals surface area contributed by atoms with Crippen LogP contribution in [0, 0.1) is 0 Å². The number of nitrogens with one attached hydrogen (secondary N) is 1. The van der Waals surface area contributed by atoms with Crippen LogP contribution in [0.3, 0.4) is 0 Å². The summed E-state index contributed by atoms with van der Waals surface area (Å²) in [6.45, 7) is 1.49. The first kappa shape index (κ1) is 14.8. The highest BCUT2D eigenvalue weighted by atomic mass is 79.9. The summed E-state index contributed by atoms with van der Waals surface area (Å²) in [5.74, 6) is 0. The zero-order valence-electron chi connectivity index (χ0n) is 12.0. The molecule has 2 aromatic rings. The standard InChI is InChI=1S/C18H20BrNO/c19-17-9-5-4-8-15(17)13-21-18(12-20-16-10-11-16)14-6-2-1-3-7-14/h1-9,16,18,20H,10-13H2. The maximum atomic E-state index is 6.18. The Morgan fingerprint density at radius 3 is 2.48 bits per heavy atom. The van der Waals surface area contributed by atoms with Crippen LogP contribution >= 0.6 is 15.9 Å². The van der Waals surface area contributed by atoms with Gasteiger partial charge in [-0.2, -0.15) is 0 Å². The summed E-state index contributed by atoms with van der Waals surface area (Å²) in [7, 11) is 0. The molecule has 0 heterocycles. The molecule has 1 N–H and O–H groups in total. The summed E-state index contributed by atoms with van der Waals surface area (Å²) >= 11 is 3.58. The van der Waals surface area contributed by atoms with Gasteiger partial charge in [0.05, 0.1) is 12.7 Å². The molecule has 21 heavy (non-hydrogen) atoms. The molecule has 1 fully saturated rings. The van der Waals surface area contributed by atoms with Gasteiger partial charge in [0.1, 0.15) is 0 Å². The van der Waals surface area contributed by atoms with Gasteiger partial charge in [-0.1, -0.05) is 64.5 Å². The van der Waals surface area contributed by atoms with E-state index in [0.29, 0.717) is 12.6 Å². The van der Waals surface area contributed by atoms with Gasteiger partial charge in [-0.25, -0.2) is 0 Å². The fraction of sp³-hybridized carbons (Fsp3) is 0.333. The van der Waals surface area contributed by atoms with Crippen LogP contribution in [0.2, 0.25) is 0 Å². The van der Waals surface area contributed by atoms with Crippen molar-refractivity contribution in [1.29, 1.82) is 0 Å². The maximum Gasteiger partial charge on any atom is 0.0953 e. The van der Waals surface area contributed by atoms with Gasteiger partial charge in [-0.05, 0) is 30.0 Å². The molecule has 110 valence electrons. The SMILES string of the molecule is Brc1ccccc1COC(CNC1CC1)c1ccccc1. The van der Waals surface area contributed by atoms with Crippen LogP contribution < -0.4 is 5.32 Å². The fourth-order valence-electron chi connectivity index (χ4n) is 2.31. The Hall–Kier alpha value is -1.16. The van der Waals surface area contributed by atoms with Crippen molar-refractivity contribution < 1.29 is 4.74 Å². The normalized spacial score (nSPS) is 15.9. The number of rotatable bonds is 7.